The number of aliphatic hydroxyl groups excluding tert-OH is 3. The van der Waals surface area contributed by atoms with Crippen LogP contribution >= 0.6 is 0 Å². The van der Waals surface area contributed by atoms with E-state index in [0.717, 1.165) is 6.42 Å². The average molecular weight is 701 g/mol. The molecule has 11 heteroatoms. The maximum Gasteiger partial charge on any atom is 0.311 e. The Morgan fingerprint density at radius 1 is 0.918 bits per heavy atom. The van der Waals surface area contributed by atoms with Crippen molar-refractivity contribution in [1.29, 1.82) is 0 Å². The number of aliphatic hydroxyl groups is 5. The molecule has 6 N–H and O–H groups in total. The van der Waals surface area contributed by atoms with Crippen LogP contribution in [0.5, 0.6) is 0 Å². The molecule has 3 fully saturated rings. The van der Waals surface area contributed by atoms with Gasteiger partial charge in [-0.15, -0.1) is 0 Å². The standard InChI is InChI=1S/C38H68O11/c1-12-17-28(39)36(16-5)19-21(7)38(46,49-36)35(11)18-20(6)32(47-35)25(13-2)30(41)22(8)29(40)23(9)33-26(14-3)31(42)24(10)37(45,48-33)27(15-4)34(43)44/h20-29,31-33,39-40,42,45-46H,12-19H2,1-11H3,(H,43,44)/t20-,21+,22-,23-,24-,25-,26+,27+,28-,29+,31-,32-,33+,35-,36+,37+,38+/m0/s1. The van der Waals surface area contributed by atoms with Crippen molar-refractivity contribution in [3.8, 4) is 0 Å². The second-order valence-corrected chi connectivity index (χ2v) is 16.2. The summed E-state index contributed by atoms with van der Waals surface area (Å²) >= 11 is 0. The van der Waals surface area contributed by atoms with Gasteiger partial charge in [0.05, 0.1) is 36.1 Å². The van der Waals surface area contributed by atoms with E-state index in [2.05, 4.69) is 0 Å². The molecule has 11 nitrogen and oxygen atoms in total. The van der Waals surface area contributed by atoms with E-state index in [1.165, 1.54) is 0 Å². The number of ether oxygens (including phenoxy) is 3. The molecular weight excluding hydrogens is 632 g/mol. The highest BCUT2D eigenvalue weighted by Crippen LogP contribution is 2.56. The summed E-state index contributed by atoms with van der Waals surface area (Å²) in [5.41, 5.74) is -2.05. The molecule has 17 atom stereocenters. The lowest BCUT2D eigenvalue weighted by atomic mass is 9.69. The molecule has 3 saturated heterocycles. The van der Waals surface area contributed by atoms with Gasteiger partial charge >= 0.3 is 5.97 Å². The van der Waals surface area contributed by atoms with E-state index in [1.54, 1.807) is 27.7 Å². The molecule has 3 aliphatic heterocycles. The van der Waals surface area contributed by atoms with E-state index in [0.29, 0.717) is 38.5 Å². The fourth-order valence-corrected chi connectivity index (χ4v) is 9.82. The molecular formula is C38H68O11. The Hall–Kier alpha value is -1.18. The zero-order valence-corrected chi connectivity index (χ0v) is 31.9. The summed E-state index contributed by atoms with van der Waals surface area (Å²) in [4.78, 5) is 26.4. The van der Waals surface area contributed by atoms with Gasteiger partial charge in [-0.3, -0.25) is 9.59 Å². The monoisotopic (exact) mass is 700 g/mol. The summed E-state index contributed by atoms with van der Waals surface area (Å²) < 4.78 is 19.4. The summed E-state index contributed by atoms with van der Waals surface area (Å²) in [5, 5.41) is 67.8. The van der Waals surface area contributed by atoms with Crippen molar-refractivity contribution >= 4 is 11.8 Å². The van der Waals surface area contributed by atoms with E-state index in [4.69, 9.17) is 14.2 Å². The maximum absolute atomic E-state index is 14.3. The number of carbonyl (C=O) groups is 2. The molecule has 0 bridgehead atoms. The van der Waals surface area contributed by atoms with Crippen LogP contribution in [0, 0.1) is 47.3 Å². The molecule has 0 radical (unpaired) electrons. The molecule has 0 aliphatic carbocycles. The van der Waals surface area contributed by atoms with Crippen LogP contribution in [0.15, 0.2) is 0 Å². The zero-order chi connectivity index (χ0) is 37.4. The Balaban J connectivity index is 1.85. The van der Waals surface area contributed by atoms with E-state index < -0.39 is 94.8 Å². The molecule has 3 heterocycles. The van der Waals surface area contributed by atoms with Crippen LogP contribution < -0.4 is 0 Å². The largest absolute Gasteiger partial charge is 0.481 e. The van der Waals surface area contributed by atoms with Gasteiger partial charge in [-0.25, -0.2) is 0 Å². The van der Waals surface area contributed by atoms with Gasteiger partial charge in [-0.1, -0.05) is 75.7 Å². The Morgan fingerprint density at radius 3 is 2.02 bits per heavy atom. The number of rotatable bonds is 16. The molecule has 0 aromatic rings. The van der Waals surface area contributed by atoms with Crippen molar-refractivity contribution in [3.63, 3.8) is 0 Å². The van der Waals surface area contributed by atoms with Crippen molar-refractivity contribution in [2.45, 2.75) is 181 Å². The minimum Gasteiger partial charge on any atom is -0.481 e. The smallest absolute Gasteiger partial charge is 0.311 e. The van der Waals surface area contributed by atoms with Crippen molar-refractivity contribution in [1.82, 2.24) is 0 Å². The third-order valence-electron chi connectivity index (χ3n) is 13.1. The molecule has 286 valence electrons. The second-order valence-electron chi connectivity index (χ2n) is 16.2. The molecule has 0 spiro atoms. The predicted octanol–water partition coefficient (Wildman–Crippen LogP) is 4.67. The first kappa shape index (κ1) is 42.2. The van der Waals surface area contributed by atoms with Gasteiger partial charge in [-0.2, -0.15) is 0 Å². The number of hydrogen-bond donors (Lipinski definition) is 6. The minimum atomic E-state index is -2.16. The summed E-state index contributed by atoms with van der Waals surface area (Å²) in [5.74, 6) is -10.7. The summed E-state index contributed by atoms with van der Waals surface area (Å²) in [6, 6.07) is 0. The minimum absolute atomic E-state index is 0.0760. The Kier molecular flexibility index (Phi) is 13.6. The van der Waals surface area contributed by atoms with E-state index in [1.807, 2.05) is 48.5 Å². The molecule has 0 saturated carbocycles. The van der Waals surface area contributed by atoms with Crippen LogP contribution in [0.4, 0.5) is 0 Å². The van der Waals surface area contributed by atoms with Crippen molar-refractivity contribution in [2.75, 3.05) is 0 Å². The first-order valence-electron chi connectivity index (χ1n) is 19.0. The molecule has 0 aromatic heterocycles. The van der Waals surface area contributed by atoms with E-state index in [-0.39, 0.29) is 24.0 Å². The van der Waals surface area contributed by atoms with Crippen molar-refractivity contribution in [3.05, 3.63) is 0 Å². The third kappa shape index (κ3) is 7.26. The predicted molar refractivity (Wildman–Crippen MR) is 184 cm³/mol. The highest BCUT2D eigenvalue weighted by molar-refractivity contribution is 5.84. The van der Waals surface area contributed by atoms with Crippen LogP contribution in [-0.4, -0.2) is 95.7 Å². The normalized spacial score (nSPS) is 43.5. The van der Waals surface area contributed by atoms with E-state index >= 15 is 0 Å². The van der Waals surface area contributed by atoms with Gasteiger partial charge in [0, 0.05) is 35.5 Å². The molecule has 3 aliphatic rings. The number of hydrogen-bond acceptors (Lipinski definition) is 10. The molecule has 3 rings (SSSR count). The van der Waals surface area contributed by atoms with Gasteiger partial charge in [0.15, 0.2) is 11.6 Å². The van der Waals surface area contributed by atoms with Gasteiger partial charge in [-0.05, 0) is 57.8 Å². The lowest BCUT2D eigenvalue weighted by Gasteiger charge is -2.52. The highest BCUT2D eigenvalue weighted by atomic mass is 16.7. The summed E-state index contributed by atoms with van der Waals surface area (Å²) in [6.07, 6.45) is -0.779. The lowest BCUT2D eigenvalue weighted by molar-refractivity contribution is -0.348. The Morgan fingerprint density at radius 2 is 1.53 bits per heavy atom. The quantitative estimate of drug-likeness (QED) is 0.132. The van der Waals surface area contributed by atoms with E-state index in [9.17, 15) is 40.2 Å². The highest BCUT2D eigenvalue weighted by Gasteiger charge is 2.67. The number of carboxylic acids is 1. The maximum atomic E-state index is 14.3. The molecule has 0 amide bonds. The fourth-order valence-electron chi connectivity index (χ4n) is 9.82. The van der Waals surface area contributed by atoms with Crippen LogP contribution in [0.3, 0.4) is 0 Å². The van der Waals surface area contributed by atoms with Crippen LogP contribution in [-0.2, 0) is 23.8 Å². The topological polar surface area (TPSA) is 183 Å². The fraction of sp³-hybridized carbons (Fsp3) is 0.947. The molecule has 49 heavy (non-hydrogen) atoms. The third-order valence-corrected chi connectivity index (χ3v) is 13.1. The number of aliphatic carboxylic acids is 1. The summed E-state index contributed by atoms with van der Waals surface area (Å²) in [7, 11) is 0. The first-order valence-corrected chi connectivity index (χ1v) is 19.0. The lowest BCUT2D eigenvalue weighted by Crippen LogP contribution is -2.64. The van der Waals surface area contributed by atoms with Gasteiger partial charge in [0.25, 0.3) is 0 Å². The Labute approximate surface area is 294 Å². The van der Waals surface area contributed by atoms with Gasteiger partial charge < -0.3 is 44.8 Å². The van der Waals surface area contributed by atoms with Gasteiger partial charge in [0.2, 0.25) is 0 Å². The molecule has 0 aromatic carbocycles. The number of Topliss-reactive ketones (excluding diaryl/α,β-unsaturated/α-hetero) is 1. The molecule has 0 unspecified atom stereocenters. The van der Waals surface area contributed by atoms with Gasteiger partial charge in [0.1, 0.15) is 17.3 Å². The van der Waals surface area contributed by atoms with Crippen LogP contribution in [0.2, 0.25) is 0 Å². The first-order chi connectivity index (χ1) is 22.7. The van der Waals surface area contributed by atoms with Crippen molar-refractivity contribution < 1.29 is 54.4 Å². The average Bonchev–Trinajstić information content (AvgIpc) is 3.52. The number of ketones is 1. The Bertz CT molecular complexity index is 1130. The van der Waals surface area contributed by atoms with Crippen LogP contribution in [0.25, 0.3) is 0 Å². The number of carbonyl (C=O) groups excluding carboxylic acids is 1. The SMILES string of the molecule is CCC[C@H](O)[C@@]1(CC)C[C@@H](C)[C@](O)([C@]2(C)C[C@H](C)[C@@H]([C@@H](CC)C(=O)[C@@H](C)[C@@H](O)[C@H](C)[C@H]3O[C@@](O)([C@H](CC)C(=O)O)[C@@H](C)[C@H](O)[C@H]3CC)O2)O1. The zero-order valence-electron chi connectivity index (χ0n) is 31.9. The number of carboxylic acid groups (broad SMARTS) is 1. The second kappa shape index (κ2) is 15.8. The van der Waals surface area contributed by atoms with Crippen molar-refractivity contribution in [2.24, 2.45) is 47.3 Å². The summed E-state index contributed by atoms with van der Waals surface area (Å²) in [6.45, 7) is 20.0. The van der Waals surface area contributed by atoms with Crippen LogP contribution in [0.1, 0.15) is 128 Å².